The predicted octanol–water partition coefficient (Wildman–Crippen LogP) is 9.91. The van der Waals surface area contributed by atoms with Crippen LogP contribution in [0, 0.1) is 19.0 Å². The van der Waals surface area contributed by atoms with Crippen molar-refractivity contribution in [3.63, 3.8) is 0 Å². The Morgan fingerprint density at radius 1 is 0.818 bits per heavy atom. The largest absolute Gasteiger partial charge is 0.305 e. The standard InChI is InChI=1S/C21H20NSSi.C18H14N.Ir/c1-14-9-11-16(18-12-10-15(13-22-18)24(2,3)4)21-20(14)17-7-5-6-8-19(17)23-21;1-3-7-15(8-4-1)13-16-11-12-19-18(14-16)17-9-5-2-6-10-17;/h5-10,12-13H,1-4H3;1-9,11-12,14H,13H2;/q2*-1;/i1D3;13D2;. The molecule has 0 aliphatic carbocycles. The Hall–Kier alpha value is -3.73. The number of hydrogen-bond donors (Lipinski definition) is 0. The molecule has 0 fully saturated rings. The predicted molar refractivity (Wildman–Crippen MR) is 187 cm³/mol. The minimum atomic E-state index is -2.17. The molecular formula is C39H34IrN2SSi-2. The van der Waals surface area contributed by atoms with Crippen molar-refractivity contribution in [1.82, 2.24) is 9.97 Å². The van der Waals surface area contributed by atoms with Gasteiger partial charge in [0.25, 0.3) is 0 Å². The van der Waals surface area contributed by atoms with E-state index in [9.17, 15) is 0 Å². The van der Waals surface area contributed by atoms with Gasteiger partial charge in [-0.2, -0.15) is 11.3 Å². The summed E-state index contributed by atoms with van der Waals surface area (Å²) < 4.78 is 42.7. The zero-order chi connectivity index (χ0) is 34.1. The van der Waals surface area contributed by atoms with Crippen molar-refractivity contribution >= 4 is 44.8 Å². The fourth-order valence-electron chi connectivity index (χ4n) is 4.84. The van der Waals surface area contributed by atoms with Gasteiger partial charge in [-0.05, 0) is 56.3 Å². The molecule has 3 aromatic heterocycles. The van der Waals surface area contributed by atoms with Crippen LogP contribution in [0.2, 0.25) is 19.6 Å². The molecule has 7 aromatic rings. The quantitative estimate of drug-likeness (QED) is 0.128. The fraction of sp³-hybridized carbons (Fsp3) is 0.128. The third kappa shape index (κ3) is 7.14. The van der Waals surface area contributed by atoms with Crippen molar-refractivity contribution in [2.75, 3.05) is 0 Å². The molecule has 7 rings (SSSR count). The van der Waals surface area contributed by atoms with E-state index in [2.05, 4.69) is 42.8 Å². The molecule has 4 aromatic carbocycles. The van der Waals surface area contributed by atoms with Crippen LogP contribution in [0.1, 0.15) is 23.5 Å². The first-order chi connectivity index (χ1) is 22.8. The zero-order valence-electron chi connectivity index (χ0n) is 29.7. The topological polar surface area (TPSA) is 25.8 Å². The third-order valence-corrected chi connectivity index (χ3v) is 10.4. The number of aromatic nitrogens is 2. The molecule has 0 aliphatic rings. The second-order valence-corrected chi connectivity index (χ2v) is 17.4. The van der Waals surface area contributed by atoms with Gasteiger partial charge in [-0.3, -0.25) is 0 Å². The Bertz CT molecular complexity index is 2180. The first-order valence-electron chi connectivity index (χ1n) is 16.7. The fourth-order valence-corrected chi connectivity index (χ4v) is 7.11. The molecule has 3 heterocycles. The van der Waals surface area contributed by atoms with E-state index in [1.54, 1.807) is 47.9 Å². The molecule has 0 amide bonds. The number of rotatable bonds is 5. The van der Waals surface area contributed by atoms with E-state index in [0.717, 1.165) is 42.7 Å². The van der Waals surface area contributed by atoms with Gasteiger partial charge in [-0.1, -0.05) is 98.6 Å². The average Bonchev–Trinajstić information content (AvgIpc) is 3.48. The molecule has 44 heavy (non-hydrogen) atoms. The summed E-state index contributed by atoms with van der Waals surface area (Å²) in [5, 5.41) is 3.09. The Balaban J connectivity index is 0.000000193. The minimum absolute atomic E-state index is 0. The Kier molecular flexibility index (Phi) is 8.09. The molecule has 221 valence electrons. The molecule has 0 bridgehead atoms. The molecule has 0 saturated heterocycles. The monoisotopic (exact) mass is 788 g/mol. The van der Waals surface area contributed by atoms with E-state index < -0.39 is 21.3 Å². The molecule has 2 nitrogen and oxygen atoms in total. The van der Waals surface area contributed by atoms with Gasteiger partial charge in [0.05, 0.1) is 8.07 Å². The third-order valence-electron chi connectivity index (χ3n) is 7.15. The normalized spacial score (nSPS) is 13.4. The van der Waals surface area contributed by atoms with E-state index in [-0.39, 0.29) is 20.1 Å². The Morgan fingerprint density at radius 2 is 1.61 bits per heavy atom. The van der Waals surface area contributed by atoms with Crippen LogP contribution in [-0.2, 0) is 26.5 Å². The van der Waals surface area contributed by atoms with Crippen LogP contribution in [-0.4, -0.2) is 18.0 Å². The van der Waals surface area contributed by atoms with Crippen molar-refractivity contribution in [2.45, 2.75) is 32.9 Å². The average molecular weight is 788 g/mol. The van der Waals surface area contributed by atoms with Crippen LogP contribution in [0.15, 0.2) is 122 Å². The molecule has 0 unspecified atom stereocenters. The summed E-state index contributed by atoms with van der Waals surface area (Å²) in [5.41, 5.74) is 4.90. The van der Waals surface area contributed by atoms with Crippen LogP contribution in [0.3, 0.4) is 0 Å². The Labute approximate surface area is 286 Å². The number of fused-ring (bicyclic) bond motifs is 3. The van der Waals surface area contributed by atoms with E-state index in [1.807, 2.05) is 79.0 Å². The molecule has 5 heteroatoms. The maximum atomic E-state index is 8.40. The van der Waals surface area contributed by atoms with Gasteiger partial charge >= 0.3 is 0 Å². The van der Waals surface area contributed by atoms with Gasteiger partial charge in [-0.15, -0.1) is 59.2 Å². The number of thiophene rings is 1. The SMILES string of the molecule is [2H]C([2H])([2H])c1c[c-]c(-c2ccc([Si](C)(C)C)cn2)c2sc3ccccc3c12.[2H]C([2H])(c1ccccc1)c1ccnc(-c2[c-]cccc2)c1.[Ir]. The van der Waals surface area contributed by atoms with Crippen molar-refractivity contribution < 1.29 is 27.0 Å². The first-order valence-corrected chi connectivity index (χ1v) is 18.5. The molecular weight excluding hydrogens is 749 g/mol. The second-order valence-electron chi connectivity index (χ2n) is 11.3. The summed E-state index contributed by atoms with van der Waals surface area (Å²) in [6.45, 7) is 4.72. The molecule has 0 atom stereocenters. The van der Waals surface area contributed by atoms with Gasteiger partial charge in [0, 0.05) is 44.1 Å². The second kappa shape index (κ2) is 13.9. The molecule has 0 aliphatic heterocycles. The van der Waals surface area contributed by atoms with Crippen LogP contribution >= 0.6 is 11.3 Å². The number of hydrogen-bond acceptors (Lipinski definition) is 3. The number of pyridine rings is 2. The van der Waals surface area contributed by atoms with Crippen LogP contribution in [0.4, 0.5) is 0 Å². The van der Waals surface area contributed by atoms with Crippen molar-refractivity contribution in [2.24, 2.45) is 0 Å². The summed E-state index contributed by atoms with van der Waals surface area (Å²) >= 11 is 1.61. The van der Waals surface area contributed by atoms with Gasteiger partial charge in [0.2, 0.25) is 0 Å². The van der Waals surface area contributed by atoms with E-state index in [0.29, 0.717) is 16.7 Å². The smallest absolute Gasteiger partial charge is 0.0795 e. The first kappa shape index (κ1) is 25.6. The van der Waals surface area contributed by atoms with Crippen molar-refractivity contribution in [3.8, 4) is 22.5 Å². The summed E-state index contributed by atoms with van der Waals surface area (Å²) in [5.74, 6) is 0. The summed E-state index contributed by atoms with van der Waals surface area (Å²) in [6.07, 6.45) is 2.06. The van der Waals surface area contributed by atoms with E-state index >= 15 is 0 Å². The van der Waals surface area contributed by atoms with Gasteiger partial charge in [-0.25, -0.2) is 0 Å². The minimum Gasteiger partial charge on any atom is -0.305 e. The van der Waals surface area contributed by atoms with Crippen LogP contribution in [0.5, 0.6) is 0 Å². The van der Waals surface area contributed by atoms with Crippen molar-refractivity contribution in [1.29, 1.82) is 0 Å². The molecule has 0 spiro atoms. The molecule has 0 saturated carbocycles. The van der Waals surface area contributed by atoms with Gasteiger partial charge in [0.15, 0.2) is 0 Å². The number of benzene rings is 4. The van der Waals surface area contributed by atoms with Gasteiger partial charge in [0.1, 0.15) is 0 Å². The van der Waals surface area contributed by atoms with Gasteiger partial charge < -0.3 is 9.97 Å². The van der Waals surface area contributed by atoms with Crippen LogP contribution < -0.4 is 5.19 Å². The zero-order valence-corrected chi connectivity index (χ0v) is 28.9. The maximum absolute atomic E-state index is 8.40. The van der Waals surface area contributed by atoms with Crippen molar-refractivity contribution in [3.05, 3.63) is 150 Å². The summed E-state index contributed by atoms with van der Waals surface area (Å²) in [4.78, 5) is 9.02. The summed E-state index contributed by atoms with van der Waals surface area (Å²) in [6, 6.07) is 40.4. The van der Waals surface area contributed by atoms with E-state index in [4.69, 9.17) is 11.8 Å². The van der Waals surface area contributed by atoms with Crippen LogP contribution in [0.25, 0.3) is 42.7 Å². The molecule has 1 radical (unpaired) electrons. The number of nitrogens with zero attached hydrogens (tertiary/aromatic N) is 2. The summed E-state index contributed by atoms with van der Waals surface area (Å²) in [7, 11) is -1.42. The Morgan fingerprint density at radius 3 is 2.34 bits per heavy atom. The number of aryl methyl sites for hydroxylation is 1. The maximum Gasteiger partial charge on any atom is 0.0795 e. The van der Waals surface area contributed by atoms with E-state index in [1.165, 1.54) is 5.19 Å². The molecule has 0 N–H and O–H groups in total.